The number of aliphatic carboxylic acids is 2. The average Bonchev–Trinajstić information content (AvgIpc) is 2.27. The lowest BCUT2D eigenvalue weighted by molar-refractivity contribution is -0.150. The minimum Gasteiger partial charge on any atom is -0.481 e. The van der Waals surface area contributed by atoms with Crippen LogP contribution >= 0.6 is 0 Å². The van der Waals surface area contributed by atoms with Crippen molar-refractivity contribution in [3.05, 3.63) is 35.4 Å². The number of carbonyl (C=O) groups is 2. The number of hydrogen-bond acceptors (Lipinski definition) is 2. The van der Waals surface area contributed by atoms with E-state index in [0.717, 1.165) is 5.56 Å². The Balaban J connectivity index is 2.47. The molecule has 1 aliphatic carbocycles. The van der Waals surface area contributed by atoms with Gasteiger partial charge in [-0.05, 0) is 24.0 Å². The molecule has 0 saturated heterocycles. The number of carboxylic acid groups (broad SMARTS) is 2. The van der Waals surface area contributed by atoms with Crippen molar-refractivity contribution in [3.8, 4) is 0 Å². The summed E-state index contributed by atoms with van der Waals surface area (Å²) in [6, 6.07) is 7.17. The van der Waals surface area contributed by atoms with Gasteiger partial charge in [-0.2, -0.15) is 0 Å². The molecule has 0 aromatic heterocycles. The quantitative estimate of drug-likeness (QED) is 0.792. The van der Waals surface area contributed by atoms with Gasteiger partial charge in [-0.15, -0.1) is 0 Å². The third-order valence-electron chi connectivity index (χ3n) is 3.10. The van der Waals surface area contributed by atoms with Crippen LogP contribution in [0.15, 0.2) is 24.3 Å². The minimum absolute atomic E-state index is 0.392. The number of fused-ring (bicyclic) bond motifs is 1. The Hall–Kier alpha value is -1.84. The van der Waals surface area contributed by atoms with Crippen LogP contribution in [0, 0.1) is 5.92 Å². The molecular formula is C12H12O4. The fourth-order valence-corrected chi connectivity index (χ4v) is 2.33. The molecule has 2 rings (SSSR count). The lowest BCUT2D eigenvalue weighted by Crippen LogP contribution is -2.32. The molecule has 0 aliphatic heterocycles. The van der Waals surface area contributed by atoms with Gasteiger partial charge in [0.15, 0.2) is 0 Å². The summed E-state index contributed by atoms with van der Waals surface area (Å²) in [5, 5.41) is 18.2. The van der Waals surface area contributed by atoms with E-state index in [2.05, 4.69) is 0 Å². The SMILES string of the molecule is O=C(O)C1CCc2ccccc2C1C(=O)O. The van der Waals surface area contributed by atoms with Crippen molar-refractivity contribution in [3.63, 3.8) is 0 Å². The highest BCUT2D eigenvalue weighted by Crippen LogP contribution is 2.36. The number of benzene rings is 1. The van der Waals surface area contributed by atoms with Gasteiger partial charge < -0.3 is 10.2 Å². The van der Waals surface area contributed by atoms with E-state index in [1.807, 2.05) is 12.1 Å². The van der Waals surface area contributed by atoms with Crippen molar-refractivity contribution in [2.75, 3.05) is 0 Å². The van der Waals surface area contributed by atoms with Gasteiger partial charge in [-0.25, -0.2) is 0 Å². The highest BCUT2D eigenvalue weighted by atomic mass is 16.4. The molecule has 1 aromatic carbocycles. The molecule has 1 aliphatic rings. The van der Waals surface area contributed by atoms with Crippen LogP contribution in [0.4, 0.5) is 0 Å². The van der Waals surface area contributed by atoms with Gasteiger partial charge in [0, 0.05) is 0 Å². The van der Waals surface area contributed by atoms with Gasteiger partial charge in [0.05, 0.1) is 11.8 Å². The number of carboxylic acids is 2. The second-order valence-electron chi connectivity index (χ2n) is 4.00. The number of hydrogen-bond donors (Lipinski definition) is 2. The van der Waals surface area contributed by atoms with Crippen LogP contribution in [0.2, 0.25) is 0 Å². The van der Waals surface area contributed by atoms with Gasteiger partial charge >= 0.3 is 11.9 Å². The van der Waals surface area contributed by atoms with E-state index in [4.69, 9.17) is 10.2 Å². The largest absolute Gasteiger partial charge is 0.481 e. The molecule has 0 heterocycles. The Labute approximate surface area is 92.5 Å². The predicted molar refractivity (Wildman–Crippen MR) is 56.3 cm³/mol. The molecule has 2 atom stereocenters. The highest BCUT2D eigenvalue weighted by molar-refractivity contribution is 5.85. The van der Waals surface area contributed by atoms with E-state index in [-0.39, 0.29) is 0 Å². The Bertz CT molecular complexity index is 438. The standard InChI is InChI=1S/C12H12O4/c13-11(14)9-6-5-7-3-1-2-4-8(7)10(9)12(15)16/h1-4,9-10H,5-6H2,(H,13,14)(H,15,16). The van der Waals surface area contributed by atoms with Gasteiger partial charge in [0.1, 0.15) is 0 Å². The van der Waals surface area contributed by atoms with Gasteiger partial charge in [-0.3, -0.25) is 9.59 Å². The Morgan fingerprint density at radius 2 is 1.81 bits per heavy atom. The van der Waals surface area contributed by atoms with E-state index in [1.54, 1.807) is 12.1 Å². The summed E-state index contributed by atoms with van der Waals surface area (Å²) in [6.07, 6.45) is 1.03. The molecule has 0 radical (unpaired) electrons. The summed E-state index contributed by atoms with van der Waals surface area (Å²) < 4.78 is 0. The van der Waals surface area contributed by atoms with Crippen LogP contribution < -0.4 is 0 Å². The molecule has 16 heavy (non-hydrogen) atoms. The first-order chi connectivity index (χ1) is 7.61. The van der Waals surface area contributed by atoms with Crippen LogP contribution in [-0.2, 0) is 16.0 Å². The van der Waals surface area contributed by atoms with Crippen LogP contribution in [0.3, 0.4) is 0 Å². The monoisotopic (exact) mass is 220 g/mol. The van der Waals surface area contributed by atoms with E-state index in [0.29, 0.717) is 18.4 Å². The predicted octanol–water partition coefficient (Wildman–Crippen LogP) is 1.50. The summed E-state index contributed by atoms with van der Waals surface area (Å²) >= 11 is 0. The summed E-state index contributed by atoms with van der Waals surface area (Å²) in [4.78, 5) is 22.2. The normalized spacial score (nSPS) is 23.5. The van der Waals surface area contributed by atoms with Crippen LogP contribution in [0.25, 0.3) is 0 Å². The lowest BCUT2D eigenvalue weighted by atomic mass is 9.75. The second-order valence-corrected chi connectivity index (χ2v) is 4.00. The van der Waals surface area contributed by atoms with Gasteiger partial charge in [0.25, 0.3) is 0 Å². The number of aryl methyl sites for hydroxylation is 1. The maximum Gasteiger partial charge on any atom is 0.311 e. The van der Waals surface area contributed by atoms with Gasteiger partial charge in [0.2, 0.25) is 0 Å². The van der Waals surface area contributed by atoms with Crippen molar-refractivity contribution in [1.29, 1.82) is 0 Å². The highest BCUT2D eigenvalue weighted by Gasteiger charge is 2.38. The smallest absolute Gasteiger partial charge is 0.311 e. The molecule has 4 nitrogen and oxygen atoms in total. The second kappa shape index (κ2) is 3.96. The molecule has 0 amide bonds. The fraction of sp³-hybridized carbons (Fsp3) is 0.333. The Morgan fingerprint density at radius 1 is 1.12 bits per heavy atom. The molecule has 0 fully saturated rings. The van der Waals surface area contributed by atoms with Crippen LogP contribution in [-0.4, -0.2) is 22.2 Å². The lowest BCUT2D eigenvalue weighted by Gasteiger charge is -2.27. The van der Waals surface area contributed by atoms with E-state index >= 15 is 0 Å². The molecule has 1 aromatic rings. The van der Waals surface area contributed by atoms with E-state index in [9.17, 15) is 9.59 Å². The maximum atomic E-state index is 11.2. The zero-order chi connectivity index (χ0) is 11.7. The van der Waals surface area contributed by atoms with Crippen molar-refractivity contribution >= 4 is 11.9 Å². The average molecular weight is 220 g/mol. The van der Waals surface area contributed by atoms with Crippen molar-refractivity contribution in [2.24, 2.45) is 5.92 Å². The van der Waals surface area contributed by atoms with Crippen LogP contribution in [0.5, 0.6) is 0 Å². The summed E-state index contributed by atoms with van der Waals surface area (Å²) in [5.74, 6) is -3.81. The third-order valence-corrected chi connectivity index (χ3v) is 3.10. The molecule has 0 saturated carbocycles. The van der Waals surface area contributed by atoms with Crippen molar-refractivity contribution < 1.29 is 19.8 Å². The van der Waals surface area contributed by atoms with E-state index in [1.165, 1.54) is 0 Å². The molecular weight excluding hydrogens is 208 g/mol. The minimum atomic E-state index is -1.06. The first-order valence-electron chi connectivity index (χ1n) is 5.14. The maximum absolute atomic E-state index is 11.2. The topological polar surface area (TPSA) is 74.6 Å². The summed E-state index contributed by atoms with van der Waals surface area (Å²) in [6.45, 7) is 0. The fourth-order valence-electron chi connectivity index (χ4n) is 2.33. The summed E-state index contributed by atoms with van der Waals surface area (Å²) in [5.41, 5.74) is 1.60. The molecule has 2 unspecified atom stereocenters. The van der Waals surface area contributed by atoms with Crippen molar-refractivity contribution in [2.45, 2.75) is 18.8 Å². The van der Waals surface area contributed by atoms with Crippen molar-refractivity contribution in [1.82, 2.24) is 0 Å². The van der Waals surface area contributed by atoms with E-state index < -0.39 is 23.8 Å². The Kier molecular flexibility index (Phi) is 2.64. The molecule has 4 heteroatoms. The first-order valence-corrected chi connectivity index (χ1v) is 5.14. The Morgan fingerprint density at radius 3 is 2.44 bits per heavy atom. The molecule has 84 valence electrons. The zero-order valence-electron chi connectivity index (χ0n) is 8.59. The molecule has 0 spiro atoms. The van der Waals surface area contributed by atoms with Gasteiger partial charge in [-0.1, -0.05) is 24.3 Å². The number of rotatable bonds is 2. The first kappa shape index (κ1) is 10.7. The third kappa shape index (κ3) is 1.66. The molecule has 2 N–H and O–H groups in total. The molecule has 0 bridgehead atoms. The summed E-state index contributed by atoms with van der Waals surface area (Å²) in [7, 11) is 0. The van der Waals surface area contributed by atoms with Crippen LogP contribution in [0.1, 0.15) is 23.5 Å². The zero-order valence-corrected chi connectivity index (χ0v) is 8.59.